The van der Waals surface area contributed by atoms with Crippen molar-refractivity contribution in [1.29, 1.82) is 0 Å². The minimum absolute atomic E-state index is 0. The summed E-state index contributed by atoms with van der Waals surface area (Å²) in [5.41, 5.74) is 0. The van der Waals surface area contributed by atoms with Crippen molar-refractivity contribution in [3.05, 3.63) is 78.3 Å². The van der Waals surface area contributed by atoms with E-state index in [4.69, 9.17) is 0 Å². The summed E-state index contributed by atoms with van der Waals surface area (Å²) in [6.07, 6.45) is 20.0. The Morgan fingerprint density at radius 2 is 0.947 bits per heavy atom. The van der Waals surface area contributed by atoms with E-state index in [9.17, 15) is 0 Å². The second kappa shape index (κ2) is 51.0. The third-order valence-electron chi connectivity index (χ3n) is 1.17. The fourth-order valence-corrected chi connectivity index (χ4v) is 0.680. The molecule has 0 amide bonds. The van der Waals surface area contributed by atoms with Crippen LogP contribution in [0, 0.1) is 41.9 Å². The molecule has 0 spiro atoms. The molecule has 0 nitrogen and oxygen atoms in total. The Balaban J connectivity index is -0.0000000142. The molecule has 0 fully saturated rings. The maximum Gasteiger partial charge on any atom is 2.00 e. The summed E-state index contributed by atoms with van der Waals surface area (Å²) in [4.78, 5) is 0. The molecule has 0 aromatic carbocycles. The van der Waals surface area contributed by atoms with Gasteiger partial charge in [-0.3, -0.25) is 12.2 Å². The van der Waals surface area contributed by atoms with Crippen molar-refractivity contribution >= 4 is 19.5 Å². The van der Waals surface area contributed by atoms with Gasteiger partial charge in [0.15, 0.2) is 0 Å². The Kier molecular flexibility index (Phi) is 135. The second-order valence-electron chi connectivity index (χ2n) is 2.01. The molecule has 0 unspecified atom stereocenters. The Morgan fingerprint density at radius 3 is 1.00 bits per heavy atom. The van der Waals surface area contributed by atoms with E-state index in [1.807, 2.05) is 43.8 Å². The molecule has 2 radical (unpaired) electrons. The summed E-state index contributed by atoms with van der Waals surface area (Å²) in [5, 5.41) is 0. The van der Waals surface area contributed by atoms with Crippen LogP contribution in [0.2, 0.25) is 0 Å². The van der Waals surface area contributed by atoms with Crippen LogP contribution in [0.3, 0.4) is 0 Å². The van der Waals surface area contributed by atoms with Gasteiger partial charge in [0.05, 0.1) is 0 Å². The first-order chi connectivity index (χ1) is 6.00. The Bertz CT molecular complexity index is 162. The maximum atomic E-state index is 2.99. The van der Waals surface area contributed by atoms with Gasteiger partial charge < -0.3 is 54.5 Å². The van der Waals surface area contributed by atoms with Crippen LogP contribution in [0.4, 0.5) is 0 Å². The first-order valence-electron chi connectivity index (χ1n) is 3.93. The van der Waals surface area contributed by atoms with E-state index in [2.05, 4.69) is 24.3 Å². The molecule has 0 saturated heterocycles. The van der Waals surface area contributed by atoms with Crippen LogP contribution in [0.15, 0.2) is 36.5 Å². The molecule has 0 aliphatic heterocycles. The van der Waals surface area contributed by atoms with Gasteiger partial charge in [0.1, 0.15) is 0 Å². The molecule has 0 aromatic heterocycles. The topological polar surface area (TPSA) is 0 Å². The van der Waals surface area contributed by atoms with Crippen LogP contribution in [0.25, 0.3) is 0 Å². The molecule has 2 aliphatic rings. The van der Waals surface area contributed by atoms with E-state index in [0.717, 1.165) is 12.8 Å². The van der Waals surface area contributed by atoms with E-state index in [1.54, 1.807) is 0 Å². The van der Waals surface area contributed by atoms with Gasteiger partial charge in [0, 0.05) is 0 Å². The van der Waals surface area contributed by atoms with Crippen molar-refractivity contribution in [3.8, 4) is 0 Å². The van der Waals surface area contributed by atoms with E-state index in [1.165, 1.54) is 0 Å². The smallest absolute Gasteiger partial charge is 1.00 e. The Labute approximate surface area is 160 Å². The fourth-order valence-electron chi connectivity index (χ4n) is 0.680. The van der Waals surface area contributed by atoms with Crippen LogP contribution < -0.4 is 24.8 Å². The quantitative estimate of drug-likeness (QED) is 0.287. The monoisotopic (exact) mass is 410 g/mol. The minimum Gasteiger partial charge on any atom is -1.00 e. The van der Waals surface area contributed by atoms with Gasteiger partial charge in [0.25, 0.3) is 0 Å². The van der Waals surface area contributed by atoms with Gasteiger partial charge in [-0.2, -0.15) is 12.2 Å². The number of rotatable bonds is 0. The molecule has 2 rings (SSSR count). The first-order valence-corrected chi connectivity index (χ1v) is 7.93. The summed E-state index contributed by atoms with van der Waals surface area (Å²) in [6.45, 7) is 0. The van der Waals surface area contributed by atoms with Crippen LogP contribution in [-0.2, 0) is 26.2 Å². The zero-order chi connectivity index (χ0) is 9.07. The zero-order valence-electron chi connectivity index (χ0n) is 12.5. The van der Waals surface area contributed by atoms with E-state index >= 15 is 0 Å². The average molecular weight is 413 g/mol. The summed E-state index contributed by atoms with van der Waals surface area (Å²) in [7, 11) is 3.78. The molecule has 19 heavy (non-hydrogen) atoms. The third kappa shape index (κ3) is 45.5. The van der Waals surface area contributed by atoms with Crippen LogP contribution in [-0.4, -0.2) is 19.5 Å². The van der Waals surface area contributed by atoms with Gasteiger partial charge in [-0.1, -0.05) is 0 Å². The van der Waals surface area contributed by atoms with Crippen molar-refractivity contribution in [3.63, 3.8) is 0 Å². The predicted octanol–water partition coefficient (Wildman–Crippen LogP) is -3.41. The summed E-state index contributed by atoms with van der Waals surface area (Å²) in [6, 6.07) is 0. The van der Waals surface area contributed by atoms with Crippen molar-refractivity contribution < 1.29 is 51.0 Å². The molecule has 0 heterocycles. The SMILES string of the molecule is [C-]1=CC=CC1.[C-]1=CC=CC1.[CH3-].[CH3-].[CH3-].[CH3-].[Cl-].[Cl-].[SiH2][SiH2].[Zr+2]. The van der Waals surface area contributed by atoms with Crippen molar-refractivity contribution in [2.45, 2.75) is 12.8 Å². The van der Waals surface area contributed by atoms with Crippen LogP contribution in [0.1, 0.15) is 12.8 Å². The normalized spacial score (nSPS) is 9.58. The molecule has 5 heteroatoms. The van der Waals surface area contributed by atoms with Gasteiger partial charge in [-0.25, -0.2) is 24.3 Å². The van der Waals surface area contributed by atoms with E-state index in [-0.39, 0.29) is 80.7 Å². The molecular weight excluding hydrogens is 386 g/mol. The predicted molar refractivity (Wildman–Crippen MR) is 85.9 cm³/mol. The van der Waals surface area contributed by atoms with Gasteiger partial charge >= 0.3 is 26.2 Å². The average Bonchev–Trinajstić information content (AvgIpc) is 2.87. The maximum absolute atomic E-state index is 2.99. The van der Waals surface area contributed by atoms with Crippen LogP contribution in [0.5, 0.6) is 0 Å². The molecule has 0 saturated carbocycles. The molecule has 0 bridgehead atoms. The third-order valence-corrected chi connectivity index (χ3v) is 1.17. The van der Waals surface area contributed by atoms with E-state index < -0.39 is 0 Å². The van der Waals surface area contributed by atoms with Gasteiger partial charge in [-0.05, 0) is 19.5 Å². The van der Waals surface area contributed by atoms with E-state index in [0.29, 0.717) is 0 Å². The molecule has 114 valence electrons. The number of hydrogen-bond donors (Lipinski definition) is 0. The second-order valence-corrected chi connectivity index (χ2v) is 2.01. The Hall–Kier alpha value is 0.857. The molecule has 0 aromatic rings. The Morgan fingerprint density at radius 1 is 0.684 bits per heavy atom. The summed E-state index contributed by atoms with van der Waals surface area (Å²) in [5.74, 6) is 0. The largest absolute Gasteiger partial charge is 2.00 e. The van der Waals surface area contributed by atoms with Crippen molar-refractivity contribution in [1.82, 2.24) is 0 Å². The van der Waals surface area contributed by atoms with Crippen molar-refractivity contribution in [2.24, 2.45) is 0 Å². The van der Waals surface area contributed by atoms with Gasteiger partial charge in [-0.15, -0.1) is 12.8 Å². The fraction of sp³-hybridized carbons (Fsp3) is 0.143. The summed E-state index contributed by atoms with van der Waals surface area (Å²) < 4.78 is 0. The molecule has 0 N–H and O–H groups in total. The first kappa shape index (κ1) is 50.2. The summed E-state index contributed by atoms with van der Waals surface area (Å²) >= 11 is 0. The number of hydrogen-bond acceptors (Lipinski definition) is 0. The zero-order valence-corrected chi connectivity index (χ0v) is 19.3. The van der Waals surface area contributed by atoms with Crippen LogP contribution >= 0.6 is 0 Å². The molecule has 2 aliphatic carbocycles. The number of halogens is 2. The molecular formula is C14H26Cl2Si2Zr-6. The number of allylic oxidation sites excluding steroid dienone is 8. The minimum atomic E-state index is 0. The standard InChI is InChI=1S/2C5H5.4CH3.2ClH.H4Si2.Zr/c2*1-2-4-5-3-1;;;;;;;1-2;/h2*1-3H,4H2;4*1H3;2*1H;1-2H2;/q6*-1;;;;+2/p-2. The van der Waals surface area contributed by atoms with Crippen molar-refractivity contribution in [2.75, 3.05) is 0 Å². The van der Waals surface area contributed by atoms with Gasteiger partial charge in [0.2, 0.25) is 0 Å². The molecule has 0 atom stereocenters.